The van der Waals surface area contributed by atoms with Crippen molar-refractivity contribution in [1.82, 2.24) is 0 Å². The number of hydrogen-bond acceptors (Lipinski definition) is 3. The Balaban J connectivity index is 2.01. The van der Waals surface area contributed by atoms with Gasteiger partial charge in [0.05, 0.1) is 6.26 Å². The van der Waals surface area contributed by atoms with Crippen molar-refractivity contribution in [2.75, 3.05) is 24.3 Å². The monoisotopic (exact) mass is 294 g/mol. The van der Waals surface area contributed by atoms with E-state index in [2.05, 4.69) is 5.32 Å². The second kappa shape index (κ2) is 6.39. The molecule has 1 amide bonds. The Bertz CT molecular complexity index is 602. The average molecular weight is 294 g/mol. The van der Waals surface area contributed by atoms with E-state index in [1.54, 1.807) is 26.2 Å². The number of carbonyl (C=O) groups is 1. The van der Waals surface area contributed by atoms with Crippen LogP contribution in [-0.2, 0) is 11.2 Å². The minimum Gasteiger partial charge on any atom is -0.469 e. The summed E-state index contributed by atoms with van der Waals surface area (Å²) in [5.74, 6) is -1.09. The van der Waals surface area contributed by atoms with Gasteiger partial charge in [-0.25, -0.2) is 8.78 Å². The molecule has 0 fully saturated rings. The lowest BCUT2D eigenvalue weighted by Crippen LogP contribution is -2.15. The Morgan fingerprint density at radius 2 is 1.95 bits per heavy atom. The van der Waals surface area contributed by atoms with Crippen LogP contribution in [0.5, 0.6) is 0 Å². The minimum atomic E-state index is -0.721. The van der Waals surface area contributed by atoms with Gasteiger partial charge in [0.2, 0.25) is 5.91 Å². The number of nitrogens with one attached hydrogen (secondary N) is 1. The molecule has 0 aliphatic carbocycles. The number of furan rings is 1. The summed E-state index contributed by atoms with van der Waals surface area (Å²) in [4.78, 5) is 13.1. The SMILES string of the molecule is CN(C)c1c(F)cc(NC(=O)CCc2ccco2)cc1F. The maximum Gasteiger partial charge on any atom is 0.224 e. The fraction of sp³-hybridized carbons (Fsp3) is 0.267. The third kappa shape index (κ3) is 3.81. The number of amides is 1. The van der Waals surface area contributed by atoms with E-state index < -0.39 is 11.6 Å². The van der Waals surface area contributed by atoms with E-state index >= 15 is 0 Å². The highest BCUT2D eigenvalue weighted by atomic mass is 19.1. The molecule has 0 aliphatic heterocycles. The molecule has 21 heavy (non-hydrogen) atoms. The molecule has 0 bridgehead atoms. The Morgan fingerprint density at radius 1 is 1.29 bits per heavy atom. The van der Waals surface area contributed by atoms with Gasteiger partial charge in [-0.2, -0.15) is 0 Å². The molecule has 1 aromatic carbocycles. The van der Waals surface area contributed by atoms with Gasteiger partial charge in [-0.3, -0.25) is 4.79 Å². The van der Waals surface area contributed by atoms with Crippen LogP contribution in [0.4, 0.5) is 20.2 Å². The molecule has 0 unspecified atom stereocenters. The first-order chi connectivity index (χ1) is 9.97. The van der Waals surface area contributed by atoms with Crippen molar-refractivity contribution in [3.05, 3.63) is 47.9 Å². The van der Waals surface area contributed by atoms with E-state index in [1.807, 2.05) is 0 Å². The third-order valence-corrected chi connectivity index (χ3v) is 2.93. The Labute approximate surface area is 121 Å². The van der Waals surface area contributed by atoms with Crippen LogP contribution in [0.1, 0.15) is 12.2 Å². The largest absolute Gasteiger partial charge is 0.469 e. The number of rotatable bonds is 5. The average Bonchev–Trinajstić information content (AvgIpc) is 2.88. The van der Waals surface area contributed by atoms with E-state index in [4.69, 9.17) is 4.42 Å². The van der Waals surface area contributed by atoms with Crippen molar-refractivity contribution >= 4 is 17.3 Å². The molecule has 0 saturated heterocycles. The van der Waals surface area contributed by atoms with E-state index in [-0.39, 0.29) is 23.7 Å². The molecule has 0 spiro atoms. The van der Waals surface area contributed by atoms with Gasteiger partial charge >= 0.3 is 0 Å². The van der Waals surface area contributed by atoms with E-state index in [0.29, 0.717) is 12.2 Å². The fourth-order valence-electron chi connectivity index (χ4n) is 1.98. The smallest absolute Gasteiger partial charge is 0.224 e. The zero-order valence-corrected chi connectivity index (χ0v) is 11.8. The molecule has 2 rings (SSSR count). The first-order valence-corrected chi connectivity index (χ1v) is 6.46. The quantitative estimate of drug-likeness (QED) is 0.921. The predicted molar refractivity (Wildman–Crippen MR) is 76.3 cm³/mol. The molecular formula is C15H16F2N2O2. The van der Waals surface area contributed by atoms with Crippen LogP contribution in [0.15, 0.2) is 34.9 Å². The van der Waals surface area contributed by atoms with Crippen LogP contribution in [0.2, 0.25) is 0 Å². The molecule has 0 radical (unpaired) electrons. The predicted octanol–water partition coefficient (Wildman–Crippen LogP) is 3.20. The second-order valence-electron chi connectivity index (χ2n) is 4.81. The molecule has 0 saturated carbocycles. The van der Waals surface area contributed by atoms with E-state index in [1.165, 1.54) is 11.2 Å². The second-order valence-corrected chi connectivity index (χ2v) is 4.81. The van der Waals surface area contributed by atoms with Crippen molar-refractivity contribution in [2.45, 2.75) is 12.8 Å². The highest BCUT2D eigenvalue weighted by molar-refractivity contribution is 5.91. The summed E-state index contributed by atoms with van der Waals surface area (Å²) in [6.45, 7) is 0. The van der Waals surface area contributed by atoms with Crippen molar-refractivity contribution < 1.29 is 18.0 Å². The maximum absolute atomic E-state index is 13.8. The molecule has 1 N–H and O–H groups in total. The zero-order valence-electron chi connectivity index (χ0n) is 11.8. The van der Waals surface area contributed by atoms with Crippen LogP contribution in [0.25, 0.3) is 0 Å². The molecule has 1 aromatic heterocycles. The molecular weight excluding hydrogens is 278 g/mol. The number of benzene rings is 1. The molecule has 0 aliphatic rings. The Hall–Kier alpha value is -2.37. The topological polar surface area (TPSA) is 45.5 Å². The van der Waals surface area contributed by atoms with Gasteiger partial charge in [0.1, 0.15) is 11.4 Å². The summed E-state index contributed by atoms with van der Waals surface area (Å²) in [5.41, 5.74) is -0.0383. The molecule has 112 valence electrons. The minimum absolute atomic E-state index is 0.0973. The van der Waals surface area contributed by atoms with Crippen LogP contribution >= 0.6 is 0 Å². The summed E-state index contributed by atoms with van der Waals surface area (Å²) in [5, 5.41) is 2.47. The maximum atomic E-state index is 13.8. The molecule has 4 nitrogen and oxygen atoms in total. The normalized spacial score (nSPS) is 10.5. The van der Waals surface area contributed by atoms with Crippen LogP contribution < -0.4 is 10.2 Å². The van der Waals surface area contributed by atoms with Gasteiger partial charge in [-0.1, -0.05) is 0 Å². The summed E-state index contributed by atoms with van der Waals surface area (Å²) < 4.78 is 32.7. The van der Waals surface area contributed by atoms with Gasteiger partial charge in [0.25, 0.3) is 0 Å². The summed E-state index contributed by atoms with van der Waals surface area (Å²) in [6, 6.07) is 5.70. The van der Waals surface area contributed by atoms with Gasteiger partial charge in [-0.15, -0.1) is 0 Å². The van der Waals surface area contributed by atoms with Gasteiger partial charge in [0.15, 0.2) is 11.6 Å². The van der Waals surface area contributed by atoms with E-state index in [0.717, 1.165) is 12.1 Å². The number of halogens is 2. The zero-order chi connectivity index (χ0) is 15.4. The Morgan fingerprint density at radius 3 is 2.48 bits per heavy atom. The molecule has 1 heterocycles. The van der Waals surface area contributed by atoms with Crippen LogP contribution in [-0.4, -0.2) is 20.0 Å². The van der Waals surface area contributed by atoms with Crippen LogP contribution in [0, 0.1) is 11.6 Å². The van der Waals surface area contributed by atoms with Gasteiger partial charge in [-0.05, 0) is 24.3 Å². The molecule has 6 heteroatoms. The van der Waals surface area contributed by atoms with Gasteiger partial charge in [0, 0.05) is 32.6 Å². The standard InChI is InChI=1S/C15H16F2N2O2/c1-19(2)15-12(16)8-10(9-13(15)17)18-14(20)6-5-11-4-3-7-21-11/h3-4,7-9H,5-6H2,1-2H3,(H,18,20). The number of aryl methyl sites for hydroxylation is 1. The molecule has 0 atom stereocenters. The lowest BCUT2D eigenvalue weighted by Gasteiger charge is -2.15. The lowest BCUT2D eigenvalue weighted by atomic mass is 10.2. The van der Waals surface area contributed by atoms with Gasteiger partial charge < -0.3 is 14.6 Å². The number of anilines is 2. The van der Waals surface area contributed by atoms with Crippen molar-refractivity contribution in [3.8, 4) is 0 Å². The first kappa shape index (κ1) is 15.0. The first-order valence-electron chi connectivity index (χ1n) is 6.46. The number of nitrogens with zero attached hydrogens (tertiary/aromatic N) is 1. The van der Waals surface area contributed by atoms with Crippen molar-refractivity contribution in [3.63, 3.8) is 0 Å². The lowest BCUT2D eigenvalue weighted by molar-refractivity contribution is -0.116. The summed E-state index contributed by atoms with van der Waals surface area (Å²) in [6.07, 6.45) is 2.13. The number of carbonyl (C=O) groups excluding carboxylic acids is 1. The Kier molecular flexibility index (Phi) is 4.57. The van der Waals surface area contributed by atoms with Crippen LogP contribution in [0.3, 0.4) is 0 Å². The number of hydrogen-bond donors (Lipinski definition) is 1. The summed E-state index contributed by atoms with van der Waals surface area (Å²) in [7, 11) is 3.09. The third-order valence-electron chi connectivity index (χ3n) is 2.93. The fourth-order valence-corrected chi connectivity index (χ4v) is 1.98. The van der Waals surface area contributed by atoms with Crippen molar-refractivity contribution in [2.24, 2.45) is 0 Å². The van der Waals surface area contributed by atoms with Crippen molar-refractivity contribution in [1.29, 1.82) is 0 Å². The van der Waals surface area contributed by atoms with E-state index in [9.17, 15) is 13.6 Å². The highest BCUT2D eigenvalue weighted by Crippen LogP contribution is 2.25. The molecule has 2 aromatic rings. The highest BCUT2D eigenvalue weighted by Gasteiger charge is 2.14. The summed E-state index contributed by atoms with van der Waals surface area (Å²) >= 11 is 0.